The average molecular weight is 401 g/mol. The molecule has 2 amide bonds. The molecule has 0 radical (unpaired) electrons. The van der Waals surface area contributed by atoms with Gasteiger partial charge < -0.3 is 19.9 Å². The highest BCUT2D eigenvalue weighted by Crippen LogP contribution is 2.36. The quantitative estimate of drug-likeness (QED) is 0.655. The second kappa shape index (κ2) is 8.26. The number of hydrogen-bond acceptors (Lipinski definition) is 6. The van der Waals surface area contributed by atoms with Crippen molar-refractivity contribution in [3.63, 3.8) is 0 Å². The molecule has 1 unspecified atom stereocenters. The van der Waals surface area contributed by atoms with E-state index in [0.717, 1.165) is 30.7 Å². The van der Waals surface area contributed by atoms with Crippen molar-refractivity contribution in [2.45, 2.75) is 70.4 Å². The molecule has 2 aliphatic rings. The molecular weight excluding hydrogens is 374 g/mol. The summed E-state index contributed by atoms with van der Waals surface area (Å²) in [6.45, 7) is 3.83. The predicted molar refractivity (Wildman–Crippen MR) is 104 cm³/mol. The van der Waals surface area contributed by atoms with Gasteiger partial charge in [0, 0.05) is 29.8 Å². The third kappa shape index (κ3) is 5.16. The second-order valence-electron chi connectivity index (χ2n) is 8.18. The molecular formula is C20H27N5O4. The van der Waals surface area contributed by atoms with Crippen LogP contribution in [-0.2, 0) is 16.0 Å². The van der Waals surface area contributed by atoms with Gasteiger partial charge in [-0.2, -0.15) is 5.10 Å². The van der Waals surface area contributed by atoms with Crippen LogP contribution in [-0.4, -0.2) is 39.5 Å². The standard InChI is InChI=1S/C20H27N5O4/c1-11-7-16(29-25-11)9-19(26)22-18-10-17(23-24-18)14-5-6-15(8-14)28-20(27)21-12(2)13-3-4-13/h7,10,12-15H,3-6,8-9H2,1-2H3,(H,21,27)(H2,22,23,24,26)/t12?,14-,15+/m0/s1. The molecule has 3 N–H and O–H groups in total. The molecule has 0 aliphatic heterocycles. The van der Waals surface area contributed by atoms with Gasteiger partial charge in [0.15, 0.2) is 5.82 Å². The maximum Gasteiger partial charge on any atom is 0.407 e. The van der Waals surface area contributed by atoms with E-state index < -0.39 is 0 Å². The molecule has 2 fully saturated rings. The van der Waals surface area contributed by atoms with Gasteiger partial charge in [0.1, 0.15) is 11.9 Å². The van der Waals surface area contributed by atoms with Crippen molar-refractivity contribution < 1.29 is 18.8 Å². The first-order valence-corrected chi connectivity index (χ1v) is 10.2. The lowest BCUT2D eigenvalue weighted by Crippen LogP contribution is -2.36. The SMILES string of the molecule is Cc1cc(CC(=O)Nc2cc([C@H]3CC[C@@H](OC(=O)NC(C)C4CC4)C3)[nH]n2)on1. The summed E-state index contributed by atoms with van der Waals surface area (Å²) in [6, 6.07) is 3.75. The molecule has 9 heteroatoms. The Kier molecular flexibility index (Phi) is 5.55. The summed E-state index contributed by atoms with van der Waals surface area (Å²) < 4.78 is 10.6. The first-order valence-electron chi connectivity index (χ1n) is 10.2. The van der Waals surface area contributed by atoms with Crippen molar-refractivity contribution in [1.29, 1.82) is 0 Å². The molecule has 2 heterocycles. The number of aryl methyl sites for hydroxylation is 1. The highest BCUT2D eigenvalue weighted by atomic mass is 16.6. The number of alkyl carbamates (subject to hydrolysis) is 1. The molecule has 29 heavy (non-hydrogen) atoms. The van der Waals surface area contributed by atoms with Crippen molar-refractivity contribution in [2.75, 3.05) is 5.32 Å². The van der Waals surface area contributed by atoms with Crippen LogP contribution in [0.2, 0.25) is 0 Å². The number of carbonyl (C=O) groups is 2. The van der Waals surface area contributed by atoms with Crippen molar-refractivity contribution >= 4 is 17.8 Å². The number of nitrogens with zero attached hydrogens (tertiary/aromatic N) is 2. The number of ether oxygens (including phenoxy) is 1. The number of aromatic amines is 1. The lowest BCUT2D eigenvalue weighted by atomic mass is 10.0. The Labute approximate surface area is 168 Å². The largest absolute Gasteiger partial charge is 0.446 e. The molecule has 2 saturated carbocycles. The first-order chi connectivity index (χ1) is 14.0. The van der Waals surface area contributed by atoms with Gasteiger partial charge in [0.05, 0.1) is 12.1 Å². The topological polar surface area (TPSA) is 122 Å². The average Bonchev–Trinajstić information content (AvgIpc) is 3.02. The fraction of sp³-hybridized carbons (Fsp3) is 0.600. The fourth-order valence-electron chi connectivity index (χ4n) is 3.87. The molecule has 0 aromatic carbocycles. The number of nitrogens with one attached hydrogen (secondary N) is 3. The molecule has 2 aromatic rings. The van der Waals surface area contributed by atoms with E-state index in [9.17, 15) is 9.59 Å². The Hall–Kier alpha value is -2.84. The van der Waals surface area contributed by atoms with Gasteiger partial charge >= 0.3 is 6.09 Å². The highest BCUT2D eigenvalue weighted by Gasteiger charge is 2.32. The van der Waals surface area contributed by atoms with E-state index in [2.05, 4.69) is 26.0 Å². The zero-order valence-corrected chi connectivity index (χ0v) is 16.7. The van der Waals surface area contributed by atoms with Crippen LogP contribution in [0.15, 0.2) is 16.7 Å². The number of H-pyrrole nitrogens is 1. The third-order valence-electron chi connectivity index (χ3n) is 5.65. The van der Waals surface area contributed by atoms with Gasteiger partial charge in [-0.3, -0.25) is 9.89 Å². The van der Waals surface area contributed by atoms with Crippen molar-refractivity contribution in [3.8, 4) is 0 Å². The number of anilines is 1. The van der Waals surface area contributed by atoms with Crippen LogP contribution in [0.5, 0.6) is 0 Å². The molecule has 0 bridgehead atoms. The Morgan fingerprint density at radius 2 is 2.14 bits per heavy atom. The van der Waals surface area contributed by atoms with Gasteiger partial charge in [-0.05, 0) is 51.9 Å². The van der Waals surface area contributed by atoms with Crippen LogP contribution in [0.25, 0.3) is 0 Å². The van der Waals surface area contributed by atoms with E-state index in [0.29, 0.717) is 17.5 Å². The Bertz CT molecular complexity index is 872. The summed E-state index contributed by atoms with van der Waals surface area (Å²) >= 11 is 0. The summed E-state index contributed by atoms with van der Waals surface area (Å²) in [4.78, 5) is 24.2. The minimum Gasteiger partial charge on any atom is -0.446 e. The van der Waals surface area contributed by atoms with Crippen molar-refractivity contribution in [3.05, 3.63) is 29.3 Å². The molecule has 2 aliphatic carbocycles. The van der Waals surface area contributed by atoms with Crippen LogP contribution in [0, 0.1) is 12.8 Å². The molecule has 2 aromatic heterocycles. The Morgan fingerprint density at radius 1 is 1.31 bits per heavy atom. The van der Waals surface area contributed by atoms with E-state index in [-0.39, 0.29) is 36.5 Å². The predicted octanol–water partition coefficient (Wildman–Crippen LogP) is 3.05. The summed E-state index contributed by atoms with van der Waals surface area (Å²) in [6.07, 6.45) is 4.53. The van der Waals surface area contributed by atoms with Gasteiger partial charge in [-0.15, -0.1) is 0 Å². The van der Waals surface area contributed by atoms with Crippen LogP contribution < -0.4 is 10.6 Å². The summed E-state index contributed by atoms with van der Waals surface area (Å²) in [5.74, 6) is 1.60. The van der Waals surface area contributed by atoms with E-state index in [4.69, 9.17) is 9.26 Å². The maximum absolute atomic E-state index is 12.1. The number of rotatable bonds is 7. The number of carbonyl (C=O) groups excluding carboxylic acids is 2. The monoisotopic (exact) mass is 401 g/mol. The van der Waals surface area contributed by atoms with E-state index in [1.165, 1.54) is 12.8 Å². The molecule has 0 spiro atoms. The van der Waals surface area contributed by atoms with E-state index >= 15 is 0 Å². The lowest BCUT2D eigenvalue weighted by Gasteiger charge is -2.16. The highest BCUT2D eigenvalue weighted by molar-refractivity contribution is 5.91. The van der Waals surface area contributed by atoms with Crippen LogP contribution >= 0.6 is 0 Å². The maximum atomic E-state index is 12.1. The number of aromatic nitrogens is 3. The minimum atomic E-state index is -0.324. The van der Waals surface area contributed by atoms with E-state index in [1.807, 2.05) is 13.0 Å². The summed E-state index contributed by atoms with van der Waals surface area (Å²) in [7, 11) is 0. The third-order valence-corrected chi connectivity index (χ3v) is 5.65. The van der Waals surface area contributed by atoms with Crippen molar-refractivity contribution in [1.82, 2.24) is 20.7 Å². The minimum absolute atomic E-state index is 0.0950. The van der Waals surface area contributed by atoms with Gasteiger partial charge in [-0.25, -0.2) is 4.79 Å². The zero-order valence-electron chi connectivity index (χ0n) is 16.7. The Balaban J connectivity index is 1.24. The molecule has 156 valence electrons. The molecule has 0 saturated heterocycles. The lowest BCUT2D eigenvalue weighted by molar-refractivity contribution is -0.115. The van der Waals surface area contributed by atoms with Gasteiger partial charge in [0.25, 0.3) is 0 Å². The Morgan fingerprint density at radius 3 is 2.86 bits per heavy atom. The number of hydrogen-bond donors (Lipinski definition) is 3. The van der Waals surface area contributed by atoms with Gasteiger partial charge in [0.2, 0.25) is 5.91 Å². The van der Waals surface area contributed by atoms with Crippen molar-refractivity contribution in [2.24, 2.45) is 5.92 Å². The summed E-state index contributed by atoms with van der Waals surface area (Å²) in [5.41, 5.74) is 1.68. The second-order valence-corrected chi connectivity index (χ2v) is 8.18. The molecule has 3 atom stereocenters. The molecule has 9 nitrogen and oxygen atoms in total. The normalized spacial score (nSPS) is 22.3. The fourth-order valence-corrected chi connectivity index (χ4v) is 3.87. The van der Waals surface area contributed by atoms with Crippen LogP contribution in [0.4, 0.5) is 10.6 Å². The summed E-state index contributed by atoms with van der Waals surface area (Å²) in [5, 5.41) is 16.6. The smallest absolute Gasteiger partial charge is 0.407 e. The van der Waals surface area contributed by atoms with Crippen LogP contribution in [0.3, 0.4) is 0 Å². The van der Waals surface area contributed by atoms with E-state index in [1.54, 1.807) is 13.0 Å². The first kappa shape index (κ1) is 19.5. The van der Waals surface area contributed by atoms with Crippen LogP contribution in [0.1, 0.15) is 62.1 Å². The van der Waals surface area contributed by atoms with Gasteiger partial charge in [-0.1, -0.05) is 5.16 Å². The number of amides is 2. The zero-order chi connectivity index (χ0) is 20.4. The molecule has 4 rings (SSSR count).